The van der Waals surface area contributed by atoms with Gasteiger partial charge in [-0.3, -0.25) is 9.69 Å². The molecule has 2 unspecified atom stereocenters. The van der Waals surface area contributed by atoms with Crippen molar-refractivity contribution in [2.45, 2.75) is 19.9 Å². The fourth-order valence-corrected chi connectivity index (χ4v) is 1.56. The lowest BCUT2D eigenvalue weighted by molar-refractivity contribution is -0.125. The van der Waals surface area contributed by atoms with Crippen molar-refractivity contribution in [3.8, 4) is 0 Å². The second kappa shape index (κ2) is 6.83. The third kappa shape index (κ3) is 4.47. The molecule has 5 heteroatoms. The van der Waals surface area contributed by atoms with E-state index in [9.17, 15) is 4.79 Å². The summed E-state index contributed by atoms with van der Waals surface area (Å²) in [4.78, 5) is 13.9. The monoisotopic (exact) mass is 229 g/mol. The van der Waals surface area contributed by atoms with Crippen LogP contribution in [-0.4, -0.2) is 56.2 Å². The SMILES string of the molecule is CC(N)C(C)C(=O)NCCN1CCOCC1. The minimum atomic E-state index is -0.121. The van der Waals surface area contributed by atoms with E-state index < -0.39 is 0 Å². The van der Waals surface area contributed by atoms with Crippen molar-refractivity contribution < 1.29 is 9.53 Å². The van der Waals surface area contributed by atoms with Gasteiger partial charge in [0.25, 0.3) is 0 Å². The van der Waals surface area contributed by atoms with Crippen LogP contribution in [0.3, 0.4) is 0 Å². The summed E-state index contributed by atoms with van der Waals surface area (Å²) in [5.74, 6) is -0.0760. The van der Waals surface area contributed by atoms with Crippen LogP contribution in [0.1, 0.15) is 13.8 Å². The van der Waals surface area contributed by atoms with E-state index in [2.05, 4.69) is 10.2 Å². The van der Waals surface area contributed by atoms with Gasteiger partial charge < -0.3 is 15.8 Å². The summed E-state index contributed by atoms with van der Waals surface area (Å²) in [7, 11) is 0. The number of nitrogens with two attached hydrogens (primary N) is 1. The van der Waals surface area contributed by atoms with Crippen molar-refractivity contribution >= 4 is 5.91 Å². The number of nitrogens with one attached hydrogen (secondary N) is 1. The number of hydrogen-bond donors (Lipinski definition) is 2. The summed E-state index contributed by atoms with van der Waals surface area (Å²) in [5.41, 5.74) is 5.66. The van der Waals surface area contributed by atoms with E-state index in [1.165, 1.54) is 0 Å². The lowest BCUT2D eigenvalue weighted by atomic mass is 10.0. The lowest BCUT2D eigenvalue weighted by Gasteiger charge is -2.26. The summed E-state index contributed by atoms with van der Waals surface area (Å²) in [5, 5.41) is 2.91. The van der Waals surface area contributed by atoms with E-state index in [0.717, 1.165) is 32.8 Å². The highest BCUT2D eigenvalue weighted by atomic mass is 16.5. The number of nitrogens with zero attached hydrogens (tertiary/aromatic N) is 1. The van der Waals surface area contributed by atoms with Crippen LogP contribution in [0.25, 0.3) is 0 Å². The quantitative estimate of drug-likeness (QED) is 0.662. The molecule has 94 valence electrons. The minimum Gasteiger partial charge on any atom is -0.379 e. The summed E-state index contributed by atoms with van der Waals surface area (Å²) >= 11 is 0. The number of carbonyl (C=O) groups excluding carboxylic acids is 1. The Labute approximate surface area is 97.3 Å². The van der Waals surface area contributed by atoms with Crippen molar-refractivity contribution in [2.75, 3.05) is 39.4 Å². The maximum absolute atomic E-state index is 11.6. The van der Waals surface area contributed by atoms with E-state index in [0.29, 0.717) is 6.54 Å². The van der Waals surface area contributed by atoms with E-state index in [4.69, 9.17) is 10.5 Å². The molecule has 0 radical (unpaired) electrons. The van der Waals surface area contributed by atoms with Gasteiger partial charge in [0.05, 0.1) is 13.2 Å². The molecule has 0 saturated carbocycles. The molecule has 0 aromatic rings. The van der Waals surface area contributed by atoms with Gasteiger partial charge in [-0.1, -0.05) is 6.92 Å². The summed E-state index contributed by atoms with van der Waals surface area (Å²) in [6.07, 6.45) is 0. The Morgan fingerprint density at radius 3 is 2.62 bits per heavy atom. The first kappa shape index (κ1) is 13.4. The Morgan fingerprint density at radius 1 is 1.44 bits per heavy atom. The Bertz CT molecular complexity index is 215. The zero-order valence-electron chi connectivity index (χ0n) is 10.2. The fraction of sp³-hybridized carbons (Fsp3) is 0.909. The van der Waals surface area contributed by atoms with Gasteiger partial charge in [0.15, 0.2) is 0 Å². The summed E-state index contributed by atoms with van der Waals surface area (Å²) in [6.45, 7) is 8.80. The van der Waals surface area contributed by atoms with Crippen LogP contribution in [0.15, 0.2) is 0 Å². The van der Waals surface area contributed by atoms with Gasteiger partial charge in [-0.15, -0.1) is 0 Å². The molecule has 3 N–H and O–H groups in total. The number of morpholine rings is 1. The number of ether oxygens (including phenoxy) is 1. The maximum atomic E-state index is 11.6. The van der Waals surface area contributed by atoms with Crippen LogP contribution in [0.2, 0.25) is 0 Å². The zero-order chi connectivity index (χ0) is 12.0. The first-order valence-corrected chi connectivity index (χ1v) is 5.94. The zero-order valence-corrected chi connectivity index (χ0v) is 10.2. The average molecular weight is 229 g/mol. The number of hydrogen-bond acceptors (Lipinski definition) is 4. The van der Waals surface area contributed by atoms with Gasteiger partial charge in [-0.25, -0.2) is 0 Å². The second-order valence-electron chi connectivity index (χ2n) is 4.39. The van der Waals surface area contributed by atoms with Crippen LogP contribution in [0, 0.1) is 5.92 Å². The lowest BCUT2D eigenvalue weighted by Crippen LogP contribution is -2.44. The van der Waals surface area contributed by atoms with Crippen molar-refractivity contribution in [1.29, 1.82) is 0 Å². The van der Waals surface area contributed by atoms with E-state index in [1.807, 2.05) is 13.8 Å². The molecule has 1 saturated heterocycles. The van der Waals surface area contributed by atoms with Gasteiger partial charge in [-0.2, -0.15) is 0 Å². The van der Waals surface area contributed by atoms with Crippen LogP contribution in [0.4, 0.5) is 0 Å². The standard InChI is InChI=1S/C11H23N3O2/c1-9(10(2)12)11(15)13-3-4-14-5-7-16-8-6-14/h9-10H,3-8,12H2,1-2H3,(H,13,15). The third-order valence-electron chi connectivity index (χ3n) is 3.03. The normalized spacial score (nSPS) is 21.4. The first-order valence-electron chi connectivity index (χ1n) is 5.94. The molecule has 0 aromatic heterocycles. The molecular weight excluding hydrogens is 206 g/mol. The highest BCUT2D eigenvalue weighted by Gasteiger charge is 2.17. The highest BCUT2D eigenvalue weighted by Crippen LogP contribution is 1.99. The molecule has 1 heterocycles. The smallest absolute Gasteiger partial charge is 0.224 e. The summed E-state index contributed by atoms with van der Waals surface area (Å²) in [6, 6.07) is -0.0941. The van der Waals surface area contributed by atoms with E-state index >= 15 is 0 Å². The summed E-state index contributed by atoms with van der Waals surface area (Å²) < 4.78 is 5.25. The largest absolute Gasteiger partial charge is 0.379 e. The van der Waals surface area contributed by atoms with Crippen LogP contribution in [-0.2, 0) is 9.53 Å². The number of rotatable bonds is 5. The van der Waals surface area contributed by atoms with Crippen molar-refractivity contribution in [1.82, 2.24) is 10.2 Å². The Morgan fingerprint density at radius 2 is 2.06 bits per heavy atom. The molecule has 1 fully saturated rings. The second-order valence-corrected chi connectivity index (χ2v) is 4.39. The topological polar surface area (TPSA) is 67.6 Å². The predicted molar refractivity (Wildman–Crippen MR) is 63.1 cm³/mol. The molecular formula is C11H23N3O2. The molecule has 2 atom stereocenters. The predicted octanol–water partition coefficient (Wildman–Crippen LogP) is -0.582. The highest BCUT2D eigenvalue weighted by molar-refractivity contribution is 5.78. The van der Waals surface area contributed by atoms with E-state index in [-0.39, 0.29) is 17.9 Å². The van der Waals surface area contributed by atoms with E-state index in [1.54, 1.807) is 0 Å². The van der Waals surface area contributed by atoms with Gasteiger partial charge in [0.2, 0.25) is 5.91 Å². The first-order chi connectivity index (χ1) is 7.61. The Hall–Kier alpha value is -0.650. The molecule has 1 amide bonds. The molecule has 0 bridgehead atoms. The Balaban J connectivity index is 2.12. The van der Waals surface area contributed by atoms with Crippen LogP contribution in [0.5, 0.6) is 0 Å². The number of amides is 1. The van der Waals surface area contributed by atoms with Gasteiger partial charge in [0.1, 0.15) is 0 Å². The van der Waals surface area contributed by atoms with Crippen LogP contribution >= 0.6 is 0 Å². The van der Waals surface area contributed by atoms with Crippen molar-refractivity contribution in [3.05, 3.63) is 0 Å². The molecule has 0 aromatic carbocycles. The van der Waals surface area contributed by atoms with Crippen molar-refractivity contribution in [3.63, 3.8) is 0 Å². The van der Waals surface area contributed by atoms with Gasteiger partial charge >= 0.3 is 0 Å². The van der Waals surface area contributed by atoms with Gasteiger partial charge in [0, 0.05) is 38.1 Å². The molecule has 16 heavy (non-hydrogen) atoms. The maximum Gasteiger partial charge on any atom is 0.224 e. The molecule has 1 aliphatic rings. The Kier molecular flexibility index (Phi) is 5.73. The van der Waals surface area contributed by atoms with Crippen molar-refractivity contribution in [2.24, 2.45) is 11.7 Å². The molecule has 0 aliphatic carbocycles. The molecule has 1 rings (SSSR count). The molecule has 1 aliphatic heterocycles. The number of carbonyl (C=O) groups is 1. The minimum absolute atomic E-state index is 0.0447. The van der Waals surface area contributed by atoms with Crippen LogP contribution < -0.4 is 11.1 Å². The molecule has 0 spiro atoms. The average Bonchev–Trinajstić information content (AvgIpc) is 2.29. The van der Waals surface area contributed by atoms with Gasteiger partial charge in [-0.05, 0) is 6.92 Å². The fourth-order valence-electron chi connectivity index (χ4n) is 1.56. The molecule has 5 nitrogen and oxygen atoms in total. The third-order valence-corrected chi connectivity index (χ3v) is 3.03.